The van der Waals surface area contributed by atoms with Gasteiger partial charge in [0.2, 0.25) is 11.8 Å². The van der Waals surface area contributed by atoms with E-state index < -0.39 is 28.8 Å². The number of benzene rings is 2. The smallest absolute Gasteiger partial charge is 0.328 e. The number of carboxylic acids is 2. The molecule has 0 amide bonds. The molecule has 2 aromatic heterocycles. The van der Waals surface area contributed by atoms with Gasteiger partial charge in [-0.3, -0.25) is 4.79 Å². The fourth-order valence-electron chi connectivity index (χ4n) is 4.05. The first-order valence-corrected chi connectivity index (χ1v) is 17.6. The first-order valence-electron chi connectivity index (χ1n) is 16.8. The van der Waals surface area contributed by atoms with E-state index in [1.165, 1.54) is 39.8 Å². The quantitative estimate of drug-likeness (QED) is 0.127. The average molecular weight is 810 g/mol. The van der Waals surface area contributed by atoms with Crippen molar-refractivity contribution in [2.24, 2.45) is 5.73 Å². The topological polar surface area (TPSA) is 189 Å². The Bertz CT molecular complexity index is 1870. The van der Waals surface area contributed by atoms with E-state index in [1.807, 2.05) is 51.8 Å². The lowest BCUT2D eigenvalue weighted by molar-refractivity contribution is -0.142. The number of ether oxygens (including phenoxy) is 2. The molecular formula is C36H51BrF2N8O6. The molecular weight excluding hydrogens is 758 g/mol. The van der Waals surface area contributed by atoms with Crippen LogP contribution in [-0.2, 0) is 22.4 Å². The lowest BCUT2D eigenvalue weighted by Crippen LogP contribution is -2.41. The van der Waals surface area contributed by atoms with Crippen molar-refractivity contribution in [3.05, 3.63) is 52.0 Å². The number of aliphatic carboxylic acids is 2. The van der Waals surface area contributed by atoms with Crippen molar-refractivity contribution in [3.8, 4) is 11.8 Å². The third-order valence-electron chi connectivity index (χ3n) is 7.23. The summed E-state index contributed by atoms with van der Waals surface area (Å²) in [5, 5.41) is 21.2. The molecule has 0 fully saturated rings. The number of anilines is 1. The minimum absolute atomic E-state index is 0.162. The fourth-order valence-corrected chi connectivity index (χ4v) is 4.48. The molecule has 0 unspecified atom stereocenters. The lowest BCUT2D eigenvalue weighted by atomic mass is 10.1. The van der Waals surface area contributed by atoms with Crippen LogP contribution in [0, 0.1) is 11.6 Å². The first kappa shape index (κ1) is 44.8. The van der Waals surface area contributed by atoms with Gasteiger partial charge in [-0.05, 0) is 80.2 Å². The van der Waals surface area contributed by atoms with Crippen LogP contribution in [0.5, 0.6) is 11.8 Å². The van der Waals surface area contributed by atoms with Crippen molar-refractivity contribution in [1.82, 2.24) is 29.7 Å². The molecule has 17 heteroatoms. The van der Waals surface area contributed by atoms with E-state index in [-0.39, 0.29) is 11.3 Å². The number of aromatic nitrogens is 4. The molecule has 0 spiro atoms. The van der Waals surface area contributed by atoms with Crippen molar-refractivity contribution >= 4 is 55.4 Å². The molecule has 4 aromatic rings. The lowest BCUT2D eigenvalue weighted by Gasteiger charge is -2.23. The third-order valence-corrected chi connectivity index (χ3v) is 7.68. The second kappa shape index (κ2) is 19.7. The number of carbonyl (C=O) groups is 2. The summed E-state index contributed by atoms with van der Waals surface area (Å²) in [6.45, 7) is 12.0. The van der Waals surface area contributed by atoms with E-state index in [2.05, 4.69) is 41.2 Å². The van der Waals surface area contributed by atoms with Crippen molar-refractivity contribution in [3.63, 3.8) is 0 Å². The summed E-state index contributed by atoms with van der Waals surface area (Å²) in [5.41, 5.74) is 3.54. The van der Waals surface area contributed by atoms with Crippen LogP contribution in [0.25, 0.3) is 21.8 Å². The number of nitrogens with two attached hydrogens (primary N) is 1. The molecule has 292 valence electrons. The Morgan fingerprint density at radius 1 is 0.774 bits per heavy atom. The summed E-state index contributed by atoms with van der Waals surface area (Å²) in [7, 11) is 7.79. The summed E-state index contributed by atoms with van der Waals surface area (Å²) in [4.78, 5) is 42.4. The summed E-state index contributed by atoms with van der Waals surface area (Å²) in [5.74, 6) is -1.14. The molecule has 0 aliphatic carbocycles. The zero-order valence-corrected chi connectivity index (χ0v) is 33.6. The van der Waals surface area contributed by atoms with E-state index in [4.69, 9.17) is 20.3 Å². The number of fused-ring (bicyclic) bond motifs is 2. The number of nitrogens with one attached hydrogen (secondary N) is 1. The maximum atomic E-state index is 14.6. The number of likely N-dealkylation sites (N-methyl/N-ethyl adjacent to an activating group) is 2. The van der Waals surface area contributed by atoms with Gasteiger partial charge in [0, 0.05) is 36.1 Å². The standard InChI is InChI=1S/C18H25FN4O3.C14H17BrFN3O.C4H9NO2/c1-6-14-20-15-12(16(21-14)26-8-7-23(4)5)9-11(10-13(15)19)22-18(2,3)17(24)25;1-4-12-17-13-10(7-9(15)8-11(13)16)14(18-12)20-6-5-19(2)3;1-4(2,5)3(6)7/h9-10,22H,6-8H2,1-5H3,(H,24,25);7-8H,4-6H2,1-3H3;5H2,1-2H3,(H,6,7). The molecule has 5 N–H and O–H groups in total. The van der Waals surface area contributed by atoms with E-state index in [0.29, 0.717) is 82.5 Å². The number of rotatable bonds is 14. The van der Waals surface area contributed by atoms with Crippen LogP contribution in [0.1, 0.15) is 53.2 Å². The highest BCUT2D eigenvalue weighted by molar-refractivity contribution is 9.10. The van der Waals surface area contributed by atoms with Gasteiger partial charge in [0.15, 0.2) is 11.6 Å². The van der Waals surface area contributed by atoms with E-state index in [1.54, 1.807) is 12.1 Å². The number of hydrogen-bond acceptors (Lipinski definition) is 12. The van der Waals surface area contributed by atoms with E-state index >= 15 is 0 Å². The van der Waals surface area contributed by atoms with Gasteiger partial charge in [0.05, 0.1) is 10.8 Å². The van der Waals surface area contributed by atoms with Gasteiger partial charge < -0.3 is 40.5 Å². The number of aryl methyl sites for hydroxylation is 2. The summed E-state index contributed by atoms with van der Waals surface area (Å²) >= 11 is 3.29. The van der Waals surface area contributed by atoms with Gasteiger partial charge in [-0.25, -0.2) is 23.5 Å². The van der Waals surface area contributed by atoms with Crippen LogP contribution < -0.4 is 20.5 Å². The summed E-state index contributed by atoms with van der Waals surface area (Å²) < 4.78 is 40.7. The predicted octanol–water partition coefficient (Wildman–Crippen LogP) is 5.39. The SMILES string of the molecule is CC(C)(N)C(=O)O.CCc1nc(OCCN(C)C)c2cc(Br)cc(F)c2n1.CCc1nc(OCCN(C)C)c2cc(NC(C)(C)C(=O)O)cc(F)c2n1. The van der Waals surface area contributed by atoms with Crippen LogP contribution in [0.3, 0.4) is 0 Å². The molecule has 0 saturated carbocycles. The van der Waals surface area contributed by atoms with Gasteiger partial charge >= 0.3 is 11.9 Å². The van der Waals surface area contributed by atoms with Gasteiger partial charge in [-0.15, -0.1) is 0 Å². The van der Waals surface area contributed by atoms with Gasteiger partial charge in [0.1, 0.15) is 47.0 Å². The normalized spacial score (nSPS) is 11.5. The van der Waals surface area contributed by atoms with E-state index in [0.717, 1.165) is 6.54 Å². The molecule has 0 saturated heterocycles. The minimum atomic E-state index is -1.25. The van der Waals surface area contributed by atoms with Gasteiger partial charge in [-0.1, -0.05) is 29.8 Å². The van der Waals surface area contributed by atoms with Crippen molar-refractivity contribution in [1.29, 1.82) is 0 Å². The largest absolute Gasteiger partial charge is 0.480 e. The average Bonchev–Trinajstić information content (AvgIpc) is 3.04. The maximum Gasteiger partial charge on any atom is 0.328 e. The number of hydrogen-bond donors (Lipinski definition) is 4. The molecule has 14 nitrogen and oxygen atoms in total. The predicted molar refractivity (Wildman–Crippen MR) is 205 cm³/mol. The van der Waals surface area contributed by atoms with Crippen LogP contribution in [0.2, 0.25) is 0 Å². The monoisotopic (exact) mass is 808 g/mol. The Balaban J connectivity index is 0.000000318. The Kier molecular flexibility index (Phi) is 16.6. The zero-order valence-electron chi connectivity index (χ0n) is 32.0. The molecule has 0 radical (unpaired) electrons. The maximum absolute atomic E-state index is 14.6. The Morgan fingerprint density at radius 3 is 1.57 bits per heavy atom. The third kappa shape index (κ3) is 13.9. The number of halogens is 3. The molecule has 53 heavy (non-hydrogen) atoms. The van der Waals surface area contributed by atoms with Crippen LogP contribution in [0.4, 0.5) is 14.5 Å². The van der Waals surface area contributed by atoms with Gasteiger partial charge in [-0.2, -0.15) is 9.97 Å². The van der Waals surface area contributed by atoms with Crippen LogP contribution in [0.15, 0.2) is 28.7 Å². The molecule has 0 aliphatic heterocycles. The molecule has 2 aromatic carbocycles. The highest BCUT2D eigenvalue weighted by Crippen LogP contribution is 2.31. The summed E-state index contributed by atoms with van der Waals surface area (Å²) in [6.07, 6.45) is 1.18. The van der Waals surface area contributed by atoms with Crippen LogP contribution >= 0.6 is 15.9 Å². The zero-order chi connectivity index (χ0) is 40.3. The van der Waals surface area contributed by atoms with Crippen molar-refractivity contribution < 1.29 is 38.1 Å². The Hall–Kier alpha value is -4.32. The van der Waals surface area contributed by atoms with E-state index in [9.17, 15) is 23.5 Å². The molecule has 0 atom stereocenters. The fraction of sp³-hybridized carbons (Fsp3) is 0.500. The number of carboxylic acid groups (broad SMARTS) is 2. The number of nitrogens with zero attached hydrogens (tertiary/aromatic N) is 6. The van der Waals surface area contributed by atoms with Crippen molar-refractivity contribution in [2.45, 2.75) is 65.5 Å². The Morgan fingerprint density at radius 2 is 1.19 bits per heavy atom. The second-order valence-electron chi connectivity index (χ2n) is 13.6. The minimum Gasteiger partial charge on any atom is -0.480 e. The first-order chi connectivity index (χ1) is 24.6. The highest BCUT2D eigenvalue weighted by atomic mass is 79.9. The van der Waals surface area contributed by atoms with Gasteiger partial charge in [0.25, 0.3) is 0 Å². The Labute approximate surface area is 317 Å². The molecule has 0 aliphatic rings. The molecule has 0 bridgehead atoms. The van der Waals surface area contributed by atoms with Crippen molar-refractivity contribution in [2.75, 3.05) is 59.8 Å². The molecule has 2 heterocycles. The van der Waals surface area contributed by atoms with Crippen LogP contribution in [-0.4, -0.2) is 117 Å². The molecule has 4 rings (SSSR count). The second-order valence-corrected chi connectivity index (χ2v) is 14.5. The highest BCUT2D eigenvalue weighted by Gasteiger charge is 2.27. The summed E-state index contributed by atoms with van der Waals surface area (Å²) in [6, 6.07) is 6.04.